The van der Waals surface area contributed by atoms with Crippen molar-refractivity contribution in [1.29, 1.82) is 0 Å². The first-order valence-corrected chi connectivity index (χ1v) is 8.71. The Morgan fingerprint density at radius 2 is 1.61 bits per heavy atom. The maximum atomic E-state index is 13.3. The van der Waals surface area contributed by atoms with Crippen LogP contribution in [0.3, 0.4) is 0 Å². The van der Waals surface area contributed by atoms with Crippen molar-refractivity contribution in [3.8, 4) is 0 Å². The van der Waals surface area contributed by atoms with Crippen LogP contribution in [-0.2, 0) is 11.3 Å². The van der Waals surface area contributed by atoms with Gasteiger partial charge in [0.15, 0.2) is 0 Å². The summed E-state index contributed by atoms with van der Waals surface area (Å²) in [6, 6.07) is 20.4. The molecule has 0 radical (unpaired) electrons. The number of nitrogens with zero attached hydrogens (tertiary/aromatic N) is 1. The van der Waals surface area contributed by atoms with Crippen LogP contribution >= 0.6 is 0 Å². The van der Waals surface area contributed by atoms with Gasteiger partial charge in [0.25, 0.3) is 0 Å². The Bertz CT molecular complexity index is 667. The molecule has 4 rings (SSSR count). The zero-order valence-corrected chi connectivity index (χ0v) is 13.4. The highest BCUT2D eigenvalue weighted by Crippen LogP contribution is 2.49. The molecule has 0 spiro atoms. The fraction of sp³-hybridized carbons (Fsp3) is 0.381. The van der Waals surface area contributed by atoms with Gasteiger partial charge in [-0.05, 0) is 48.8 Å². The number of benzene rings is 2. The lowest BCUT2D eigenvalue weighted by Crippen LogP contribution is -2.38. The second kappa shape index (κ2) is 6.19. The molecule has 0 N–H and O–H groups in total. The van der Waals surface area contributed by atoms with Crippen molar-refractivity contribution in [2.75, 3.05) is 4.90 Å². The molecule has 0 aliphatic heterocycles. The maximum absolute atomic E-state index is 13.3. The Hall–Kier alpha value is -2.09. The van der Waals surface area contributed by atoms with Crippen molar-refractivity contribution in [2.24, 2.45) is 17.8 Å². The smallest absolute Gasteiger partial charge is 0.230 e. The molecule has 0 heterocycles. The largest absolute Gasteiger partial charge is 0.308 e. The topological polar surface area (TPSA) is 20.3 Å². The predicted octanol–water partition coefficient (Wildman–Crippen LogP) is 4.66. The Balaban J connectivity index is 1.61. The van der Waals surface area contributed by atoms with Crippen LogP contribution in [0.2, 0.25) is 0 Å². The molecule has 1 amide bonds. The monoisotopic (exact) mass is 305 g/mol. The zero-order chi connectivity index (χ0) is 15.6. The average molecular weight is 305 g/mol. The van der Waals surface area contributed by atoms with Gasteiger partial charge in [-0.3, -0.25) is 4.79 Å². The van der Waals surface area contributed by atoms with Crippen molar-refractivity contribution in [2.45, 2.75) is 32.2 Å². The molecule has 118 valence electrons. The van der Waals surface area contributed by atoms with E-state index >= 15 is 0 Å². The molecule has 3 atom stereocenters. The Morgan fingerprint density at radius 1 is 0.913 bits per heavy atom. The lowest BCUT2D eigenvalue weighted by Gasteiger charge is -2.29. The molecule has 2 aliphatic rings. The first-order chi connectivity index (χ1) is 11.3. The Labute approximate surface area is 138 Å². The second-order valence-corrected chi connectivity index (χ2v) is 7.03. The minimum absolute atomic E-state index is 0.234. The van der Waals surface area contributed by atoms with Gasteiger partial charge < -0.3 is 4.90 Å². The van der Waals surface area contributed by atoms with Gasteiger partial charge in [0.2, 0.25) is 5.91 Å². The predicted molar refractivity (Wildman–Crippen MR) is 93.0 cm³/mol. The first-order valence-electron chi connectivity index (χ1n) is 8.71. The first kappa shape index (κ1) is 14.5. The van der Waals surface area contributed by atoms with Gasteiger partial charge in [-0.15, -0.1) is 0 Å². The van der Waals surface area contributed by atoms with Crippen molar-refractivity contribution >= 4 is 11.6 Å². The molecule has 2 aliphatic carbocycles. The lowest BCUT2D eigenvalue weighted by molar-refractivity contribution is -0.124. The van der Waals surface area contributed by atoms with Crippen LogP contribution in [0.15, 0.2) is 60.7 Å². The molecule has 2 nitrogen and oxygen atoms in total. The van der Waals surface area contributed by atoms with Crippen LogP contribution in [0.1, 0.15) is 31.2 Å². The number of carbonyl (C=O) groups excluding carboxylic acids is 1. The summed E-state index contributed by atoms with van der Waals surface area (Å²) in [6.07, 6.45) is 4.94. The van der Waals surface area contributed by atoms with Gasteiger partial charge in [0.05, 0.1) is 6.54 Å². The number of fused-ring (bicyclic) bond motifs is 2. The number of rotatable bonds is 4. The highest BCUT2D eigenvalue weighted by Gasteiger charge is 2.44. The molecule has 0 aromatic heterocycles. The molecule has 23 heavy (non-hydrogen) atoms. The van der Waals surface area contributed by atoms with Gasteiger partial charge in [-0.2, -0.15) is 0 Å². The highest BCUT2D eigenvalue weighted by molar-refractivity contribution is 5.95. The van der Waals surface area contributed by atoms with E-state index in [0.717, 1.165) is 18.0 Å². The molecule has 3 unspecified atom stereocenters. The standard InChI is InChI=1S/C21H23NO/c23-21(20-14-17-11-12-18(20)13-17)22(19-9-5-2-6-10-19)15-16-7-3-1-4-8-16/h1-10,17-18,20H,11-15H2. The average Bonchev–Trinajstić information content (AvgIpc) is 3.24. The minimum atomic E-state index is 0.234. The van der Waals surface area contributed by atoms with Crippen molar-refractivity contribution in [1.82, 2.24) is 0 Å². The summed E-state index contributed by atoms with van der Waals surface area (Å²) < 4.78 is 0. The van der Waals surface area contributed by atoms with E-state index in [4.69, 9.17) is 0 Å². The minimum Gasteiger partial charge on any atom is -0.308 e. The van der Waals surface area contributed by atoms with E-state index in [1.165, 1.54) is 24.8 Å². The van der Waals surface area contributed by atoms with Gasteiger partial charge in [-0.25, -0.2) is 0 Å². The van der Waals surface area contributed by atoms with Crippen LogP contribution < -0.4 is 4.90 Å². The van der Waals surface area contributed by atoms with E-state index < -0.39 is 0 Å². The molecular weight excluding hydrogens is 282 g/mol. The van der Waals surface area contributed by atoms with E-state index in [9.17, 15) is 4.79 Å². The van der Waals surface area contributed by atoms with Crippen LogP contribution in [0.5, 0.6) is 0 Å². The molecule has 2 fully saturated rings. The maximum Gasteiger partial charge on any atom is 0.230 e. The molecular formula is C21H23NO. The van der Waals surface area contributed by atoms with Gasteiger partial charge in [0, 0.05) is 11.6 Å². The van der Waals surface area contributed by atoms with E-state index in [2.05, 4.69) is 12.1 Å². The van der Waals surface area contributed by atoms with E-state index in [-0.39, 0.29) is 5.92 Å². The third-order valence-electron chi connectivity index (χ3n) is 5.57. The SMILES string of the molecule is O=C(C1CC2CCC1C2)N(Cc1ccccc1)c1ccccc1. The molecule has 0 saturated heterocycles. The van der Waals surface area contributed by atoms with Crippen molar-refractivity contribution < 1.29 is 4.79 Å². The number of carbonyl (C=O) groups is 1. The van der Waals surface area contributed by atoms with Crippen LogP contribution in [0.4, 0.5) is 5.69 Å². The third-order valence-corrected chi connectivity index (χ3v) is 5.57. The summed E-state index contributed by atoms with van der Waals surface area (Å²) in [5.74, 6) is 1.97. The summed E-state index contributed by atoms with van der Waals surface area (Å²) >= 11 is 0. The fourth-order valence-electron chi connectivity index (χ4n) is 4.42. The summed E-state index contributed by atoms with van der Waals surface area (Å²) in [5, 5.41) is 0. The molecule has 2 saturated carbocycles. The lowest BCUT2D eigenvalue weighted by atomic mass is 9.87. The molecule has 2 bridgehead atoms. The molecule has 2 aromatic carbocycles. The van der Waals surface area contributed by atoms with Gasteiger partial charge >= 0.3 is 0 Å². The summed E-state index contributed by atoms with van der Waals surface area (Å²) in [7, 11) is 0. The molecule has 2 heteroatoms. The van der Waals surface area contributed by atoms with E-state index in [0.29, 0.717) is 18.4 Å². The summed E-state index contributed by atoms with van der Waals surface area (Å²) in [6.45, 7) is 0.664. The summed E-state index contributed by atoms with van der Waals surface area (Å²) in [4.78, 5) is 15.3. The summed E-state index contributed by atoms with van der Waals surface area (Å²) in [5.41, 5.74) is 2.21. The number of hydrogen-bond acceptors (Lipinski definition) is 1. The van der Waals surface area contributed by atoms with Gasteiger partial charge in [-0.1, -0.05) is 55.0 Å². The number of para-hydroxylation sites is 1. The highest BCUT2D eigenvalue weighted by atomic mass is 16.2. The third kappa shape index (κ3) is 2.90. The van der Waals surface area contributed by atoms with E-state index in [1.54, 1.807) is 0 Å². The Morgan fingerprint density at radius 3 is 2.22 bits per heavy atom. The van der Waals surface area contributed by atoms with Gasteiger partial charge in [0.1, 0.15) is 0 Å². The van der Waals surface area contributed by atoms with Crippen LogP contribution in [0, 0.1) is 17.8 Å². The number of hydrogen-bond donors (Lipinski definition) is 0. The molecule has 2 aromatic rings. The zero-order valence-electron chi connectivity index (χ0n) is 13.4. The van der Waals surface area contributed by atoms with Crippen LogP contribution in [-0.4, -0.2) is 5.91 Å². The van der Waals surface area contributed by atoms with Crippen LogP contribution in [0.25, 0.3) is 0 Å². The van der Waals surface area contributed by atoms with Crippen molar-refractivity contribution in [3.05, 3.63) is 66.2 Å². The normalized spacial score (nSPS) is 25.5. The quantitative estimate of drug-likeness (QED) is 0.804. The number of anilines is 1. The second-order valence-electron chi connectivity index (χ2n) is 7.03. The fourth-order valence-corrected chi connectivity index (χ4v) is 4.42. The number of amides is 1. The van der Waals surface area contributed by atoms with E-state index in [1.807, 2.05) is 53.4 Å². The Kier molecular flexibility index (Phi) is 3.90. The van der Waals surface area contributed by atoms with Crippen molar-refractivity contribution in [3.63, 3.8) is 0 Å².